The van der Waals surface area contributed by atoms with E-state index in [1.807, 2.05) is 30.3 Å². The molecule has 0 saturated carbocycles. The Hall–Kier alpha value is -3.62. The van der Waals surface area contributed by atoms with E-state index in [-0.39, 0.29) is 48.5 Å². The summed E-state index contributed by atoms with van der Waals surface area (Å²) in [5.41, 5.74) is 1.36. The third kappa shape index (κ3) is 8.19. The van der Waals surface area contributed by atoms with Gasteiger partial charge in [-0.3, -0.25) is 14.4 Å². The molecule has 10 heteroatoms. The summed E-state index contributed by atoms with van der Waals surface area (Å²) in [5.74, 6) is -1.36. The van der Waals surface area contributed by atoms with Crippen LogP contribution in [-0.4, -0.2) is 54.9 Å². The zero-order valence-corrected chi connectivity index (χ0v) is 23.3. The predicted octanol–water partition coefficient (Wildman–Crippen LogP) is 4.83. The van der Waals surface area contributed by atoms with Crippen molar-refractivity contribution in [3.8, 4) is 5.75 Å². The Labute approximate surface area is 242 Å². The number of hydrogen-bond donors (Lipinski definition) is 2. The lowest BCUT2D eigenvalue weighted by atomic mass is 10.1. The summed E-state index contributed by atoms with van der Waals surface area (Å²) in [6.45, 7) is 0.446. The zero-order chi connectivity index (χ0) is 28.5. The Morgan fingerprint density at radius 3 is 2.60 bits per heavy atom. The van der Waals surface area contributed by atoms with E-state index in [4.69, 9.17) is 27.9 Å². The van der Waals surface area contributed by atoms with E-state index in [0.717, 1.165) is 5.56 Å². The molecule has 210 valence electrons. The Bertz CT molecular complexity index is 1340. The highest BCUT2D eigenvalue weighted by atomic mass is 35.5. The molecule has 0 fully saturated rings. The number of nitrogens with zero attached hydrogens (tertiary/aromatic N) is 1. The lowest BCUT2D eigenvalue weighted by molar-refractivity contribution is -0.136. The number of benzene rings is 3. The third-order valence-corrected chi connectivity index (χ3v) is 7.12. The van der Waals surface area contributed by atoms with Crippen LogP contribution in [0.5, 0.6) is 5.75 Å². The average Bonchev–Trinajstić information content (AvgIpc) is 2.93. The van der Waals surface area contributed by atoms with E-state index >= 15 is 0 Å². The van der Waals surface area contributed by atoms with Gasteiger partial charge in [0.05, 0.1) is 24.6 Å². The first-order chi connectivity index (χ1) is 19.3. The quantitative estimate of drug-likeness (QED) is 0.459. The van der Waals surface area contributed by atoms with Crippen molar-refractivity contribution in [2.75, 3.05) is 26.2 Å². The molecule has 2 N–H and O–H groups in total. The Morgan fingerprint density at radius 1 is 1.02 bits per heavy atom. The summed E-state index contributed by atoms with van der Waals surface area (Å²) in [6, 6.07) is 18.2. The first-order valence-electron chi connectivity index (χ1n) is 13.0. The monoisotopic (exact) mass is 585 g/mol. The van der Waals surface area contributed by atoms with E-state index in [0.29, 0.717) is 42.1 Å². The highest BCUT2D eigenvalue weighted by Gasteiger charge is 2.23. The molecule has 0 aliphatic carbocycles. The minimum Gasteiger partial charge on any atom is -0.491 e. The van der Waals surface area contributed by atoms with Crippen LogP contribution in [0.4, 0.5) is 4.39 Å². The number of hydrogen-bond acceptors (Lipinski definition) is 4. The topological polar surface area (TPSA) is 87.7 Å². The van der Waals surface area contributed by atoms with Crippen LogP contribution in [0.2, 0.25) is 10.0 Å². The lowest BCUT2D eigenvalue weighted by Gasteiger charge is -2.25. The van der Waals surface area contributed by atoms with Gasteiger partial charge in [0.15, 0.2) is 0 Å². The number of amides is 3. The van der Waals surface area contributed by atoms with Crippen LogP contribution in [0.3, 0.4) is 0 Å². The molecule has 1 aliphatic rings. The number of halogens is 3. The Morgan fingerprint density at radius 2 is 1.82 bits per heavy atom. The Balaban J connectivity index is 1.56. The van der Waals surface area contributed by atoms with E-state index in [9.17, 15) is 18.8 Å². The van der Waals surface area contributed by atoms with Gasteiger partial charge in [0.2, 0.25) is 11.8 Å². The first kappa shape index (κ1) is 29.4. The number of nitrogens with one attached hydrogen (secondary N) is 2. The van der Waals surface area contributed by atoms with Gasteiger partial charge in [-0.2, -0.15) is 0 Å². The largest absolute Gasteiger partial charge is 0.491 e. The summed E-state index contributed by atoms with van der Waals surface area (Å²) < 4.78 is 20.4. The van der Waals surface area contributed by atoms with Crippen LogP contribution < -0.4 is 15.4 Å². The van der Waals surface area contributed by atoms with Gasteiger partial charge in [-0.1, -0.05) is 59.6 Å². The molecule has 0 spiro atoms. The SMILES string of the molecule is O=C1CN(C(=O)Cc2c(F)cccc2Cl)CCCCNC(=O)c2cc(Cl)ccc2OC[C@H](Cc2ccccc2)N1. The van der Waals surface area contributed by atoms with Gasteiger partial charge >= 0.3 is 0 Å². The van der Waals surface area contributed by atoms with Crippen LogP contribution in [0.15, 0.2) is 66.7 Å². The van der Waals surface area contributed by atoms with Crippen molar-refractivity contribution < 1.29 is 23.5 Å². The first-order valence-corrected chi connectivity index (χ1v) is 13.8. The molecule has 1 aliphatic heterocycles. The predicted molar refractivity (Wildman–Crippen MR) is 152 cm³/mol. The van der Waals surface area contributed by atoms with Gasteiger partial charge < -0.3 is 20.3 Å². The van der Waals surface area contributed by atoms with Crippen molar-refractivity contribution in [3.63, 3.8) is 0 Å². The number of fused-ring (bicyclic) bond motifs is 1. The van der Waals surface area contributed by atoms with Crippen molar-refractivity contribution >= 4 is 40.9 Å². The maximum Gasteiger partial charge on any atom is 0.255 e. The molecule has 3 aromatic rings. The van der Waals surface area contributed by atoms with Crippen LogP contribution >= 0.6 is 23.2 Å². The van der Waals surface area contributed by atoms with Gasteiger partial charge in [-0.15, -0.1) is 0 Å². The van der Waals surface area contributed by atoms with Crippen molar-refractivity contribution in [2.45, 2.75) is 31.7 Å². The summed E-state index contributed by atoms with van der Waals surface area (Å²) in [7, 11) is 0. The van der Waals surface area contributed by atoms with Gasteiger partial charge in [0, 0.05) is 28.7 Å². The van der Waals surface area contributed by atoms with Crippen molar-refractivity contribution in [2.24, 2.45) is 0 Å². The number of carbonyl (C=O) groups is 3. The van der Waals surface area contributed by atoms with E-state index in [1.165, 1.54) is 23.1 Å². The zero-order valence-electron chi connectivity index (χ0n) is 21.8. The van der Waals surface area contributed by atoms with E-state index in [1.54, 1.807) is 18.2 Å². The second-order valence-corrected chi connectivity index (χ2v) is 10.4. The second-order valence-electron chi connectivity index (χ2n) is 9.56. The highest BCUT2D eigenvalue weighted by Crippen LogP contribution is 2.24. The molecule has 3 aromatic carbocycles. The van der Waals surface area contributed by atoms with Gasteiger partial charge in [-0.25, -0.2) is 4.39 Å². The number of ether oxygens (including phenoxy) is 1. The molecule has 4 rings (SSSR count). The maximum absolute atomic E-state index is 14.4. The summed E-state index contributed by atoms with van der Waals surface area (Å²) in [5, 5.41) is 6.39. The van der Waals surface area contributed by atoms with Gasteiger partial charge in [0.1, 0.15) is 18.2 Å². The van der Waals surface area contributed by atoms with E-state index < -0.39 is 17.8 Å². The molecule has 1 heterocycles. The summed E-state index contributed by atoms with van der Waals surface area (Å²) >= 11 is 12.3. The molecule has 0 bridgehead atoms. The molecular weight excluding hydrogens is 556 g/mol. The van der Waals surface area contributed by atoms with Crippen LogP contribution in [0.25, 0.3) is 0 Å². The minimum atomic E-state index is -0.578. The third-order valence-electron chi connectivity index (χ3n) is 6.53. The molecule has 7 nitrogen and oxygen atoms in total. The average molecular weight is 586 g/mol. The second kappa shape index (κ2) is 14.1. The molecule has 0 unspecified atom stereocenters. The summed E-state index contributed by atoms with van der Waals surface area (Å²) in [4.78, 5) is 40.8. The fourth-order valence-electron chi connectivity index (χ4n) is 4.47. The summed E-state index contributed by atoms with van der Waals surface area (Å²) in [6.07, 6.45) is 1.24. The molecule has 0 aromatic heterocycles. The standard InChI is InChI=1S/C30H30Cl2FN3O4/c31-21-11-12-27-24(16-21)30(39)34-13-4-5-14-36(29(38)17-23-25(32)9-6-10-26(23)33)18-28(37)35-22(19-40-27)15-20-7-2-1-3-8-20/h1-3,6-12,16,22H,4-5,13-15,17-19H2,(H,34,39)(H,35,37)/t22-/m0/s1. The van der Waals surface area contributed by atoms with Crippen LogP contribution in [0, 0.1) is 5.82 Å². The molecule has 0 radical (unpaired) electrons. The van der Waals surface area contributed by atoms with Crippen molar-refractivity contribution in [3.05, 3.63) is 99.3 Å². The maximum atomic E-state index is 14.4. The fourth-order valence-corrected chi connectivity index (χ4v) is 4.88. The van der Waals surface area contributed by atoms with Crippen molar-refractivity contribution in [1.29, 1.82) is 0 Å². The smallest absolute Gasteiger partial charge is 0.255 e. The minimum absolute atomic E-state index is 0.0708. The Kier molecular flexibility index (Phi) is 10.4. The van der Waals surface area contributed by atoms with E-state index in [2.05, 4.69) is 10.6 Å². The fraction of sp³-hybridized carbons (Fsp3) is 0.300. The molecule has 3 amide bonds. The molecule has 1 atom stereocenters. The number of rotatable bonds is 4. The van der Waals surface area contributed by atoms with Crippen molar-refractivity contribution in [1.82, 2.24) is 15.5 Å². The number of carbonyl (C=O) groups excluding carboxylic acids is 3. The van der Waals surface area contributed by atoms with Gasteiger partial charge in [-0.05, 0) is 55.2 Å². The van der Waals surface area contributed by atoms with Crippen LogP contribution in [-0.2, 0) is 22.4 Å². The molecule has 0 saturated heterocycles. The lowest BCUT2D eigenvalue weighted by Crippen LogP contribution is -2.47. The molecule has 40 heavy (non-hydrogen) atoms. The normalized spacial score (nSPS) is 17.0. The van der Waals surface area contributed by atoms with Gasteiger partial charge in [0.25, 0.3) is 5.91 Å². The molecular formula is C30H30Cl2FN3O4. The van der Waals surface area contributed by atoms with Crippen LogP contribution in [0.1, 0.15) is 34.3 Å². The highest BCUT2D eigenvalue weighted by molar-refractivity contribution is 6.31.